The fraction of sp³-hybridized carbons (Fsp3) is 0.455. The van der Waals surface area contributed by atoms with Gasteiger partial charge in [0.05, 0.1) is 12.0 Å². The van der Waals surface area contributed by atoms with Crippen molar-refractivity contribution in [3.63, 3.8) is 0 Å². The monoisotopic (exact) mass is 290 g/mol. The molecule has 0 aromatic heterocycles. The van der Waals surface area contributed by atoms with Crippen molar-refractivity contribution in [3.05, 3.63) is 35.4 Å². The van der Waals surface area contributed by atoms with Crippen molar-refractivity contribution < 1.29 is 26.3 Å². The lowest BCUT2D eigenvalue weighted by Gasteiger charge is -2.13. The van der Waals surface area contributed by atoms with Crippen LogP contribution in [0.5, 0.6) is 0 Å². The number of rotatable bonds is 3. The average Bonchev–Trinajstić information content (AvgIpc) is 2.13. The normalized spacial score (nSPS) is 14.6. The molecule has 1 aromatic rings. The molecular weight excluding hydrogens is 282 g/mol. The summed E-state index contributed by atoms with van der Waals surface area (Å²) in [5, 5.41) is -1.18. The molecule has 0 spiro atoms. The molecule has 0 aliphatic rings. The summed E-state index contributed by atoms with van der Waals surface area (Å²) in [7, 11) is 0. The van der Waals surface area contributed by atoms with Crippen LogP contribution in [0.2, 0.25) is 0 Å². The first kappa shape index (κ1) is 15.1. The van der Waals surface area contributed by atoms with Crippen LogP contribution >= 0.6 is 11.6 Å². The Balaban J connectivity index is 2.64. The molecule has 0 saturated carbocycles. The Kier molecular flexibility index (Phi) is 4.53. The van der Waals surface area contributed by atoms with Gasteiger partial charge in [0.2, 0.25) is 0 Å². The molecule has 102 valence electrons. The third-order valence-electron chi connectivity index (χ3n) is 2.19. The SMILES string of the molecule is FC(F)(F)CC(Cl)Cc1ccc(C(F)(F)F)cc1. The highest BCUT2D eigenvalue weighted by Gasteiger charge is 2.32. The van der Waals surface area contributed by atoms with Gasteiger partial charge in [-0.05, 0) is 24.1 Å². The van der Waals surface area contributed by atoms with Gasteiger partial charge in [-0.2, -0.15) is 26.3 Å². The number of benzene rings is 1. The van der Waals surface area contributed by atoms with Crippen LogP contribution in [0.4, 0.5) is 26.3 Å². The Hall–Kier alpha value is -0.910. The number of hydrogen-bond acceptors (Lipinski definition) is 0. The average molecular weight is 291 g/mol. The van der Waals surface area contributed by atoms with E-state index in [0.717, 1.165) is 24.3 Å². The van der Waals surface area contributed by atoms with Gasteiger partial charge in [-0.3, -0.25) is 0 Å². The lowest BCUT2D eigenvalue weighted by atomic mass is 10.1. The third kappa shape index (κ3) is 5.16. The van der Waals surface area contributed by atoms with Crippen molar-refractivity contribution >= 4 is 11.6 Å². The zero-order valence-corrected chi connectivity index (χ0v) is 9.70. The molecule has 7 heteroatoms. The number of hydrogen-bond donors (Lipinski definition) is 0. The van der Waals surface area contributed by atoms with Crippen molar-refractivity contribution in [2.24, 2.45) is 0 Å². The van der Waals surface area contributed by atoms with Gasteiger partial charge in [0.15, 0.2) is 0 Å². The van der Waals surface area contributed by atoms with E-state index in [4.69, 9.17) is 11.6 Å². The topological polar surface area (TPSA) is 0 Å². The summed E-state index contributed by atoms with van der Waals surface area (Å²) in [5.41, 5.74) is -0.500. The molecule has 0 bridgehead atoms. The fourth-order valence-corrected chi connectivity index (χ4v) is 1.76. The van der Waals surface area contributed by atoms with Crippen molar-refractivity contribution in [1.82, 2.24) is 0 Å². The zero-order valence-electron chi connectivity index (χ0n) is 8.95. The van der Waals surface area contributed by atoms with E-state index in [1.807, 2.05) is 0 Å². The Morgan fingerprint density at radius 3 is 1.83 bits per heavy atom. The summed E-state index contributed by atoms with van der Waals surface area (Å²) in [4.78, 5) is 0. The first-order valence-corrected chi connectivity index (χ1v) is 5.38. The van der Waals surface area contributed by atoms with Crippen molar-refractivity contribution in [2.75, 3.05) is 0 Å². The van der Waals surface area contributed by atoms with Gasteiger partial charge in [0.1, 0.15) is 0 Å². The van der Waals surface area contributed by atoms with Gasteiger partial charge in [-0.1, -0.05) is 12.1 Å². The second kappa shape index (κ2) is 5.38. The second-order valence-electron chi connectivity index (χ2n) is 3.82. The molecule has 0 fully saturated rings. The van der Waals surface area contributed by atoms with Crippen LogP contribution in [0.25, 0.3) is 0 Å². The highest BCUT2D eigenvalue weighted by Crippen LogP contribution is 2.30. The van der Waals surface area contributed by atoms with Gasteiger partial charge in [0.25, 0.3) is 0 Å². The first-order valence-electron chi connectivity index (χ1n) is 4.95. The molecule has 18 heavy (non-hydrogen) atoms. The molecule has 0 N–H and O–H groups in total. The highest BCUT2D eigenvalue weighted by atomic mass is 35.5. The largest absolute Gasteiger partial charge is 0.416 e. The van der Waals surface area contributed by atoms with Crippen molar-refractivity contribution in [3.8, 4) is 0 Å². The molecule has 0 saturated heterocycles. The lowest BCUT2D eigenvalue weighted by molar-refractivity contribution is -0.137. The Morgan fingerprint density at radius 2 is 1.44 bits per heavy atom. The molecule has 0 heterocycles. The Labute approximate surface area is 105 Å². The minimum Gasteiger partial charge on any atom is -0.171 e. The summed E-state index contributed by atoms with van der Waals surface area (Å²) in [5.74, 6) is 0. The van der Waals surface area contributed by atoms with E-state index in [0.29, 0.717) is 5.56 Å². The van der Waals surface area contributed by atoms with Gasteiger partial charge in [0, 0.05) is 5.38 Å². The maximum absolute atomic E-state index is 12.2. The molecule has 1 unspecified atom stereocenters. The van der Waals surface area contributed by atoms with Gasteiger partial charge in [-0.25, -0.2) is 0 Å². The predicted molar refractivity (Wildman–Crippen MR) is 55.5 cm³/mol. The quantitative estimate of drug-likeness (QED) is 0.554. The highest BCUT2D eigenvalue weighted by molar-refractivity contribution is 6.20. The molecule has 1 atom stereocenters. The van der Waals surface area contributed by atoms with Crippen LogP contribution in [0, 0.1) is 0 Å². The summed E-state index contributed by atoms with van der Waals surface area (Å²) >= 11 is 5.49. The molecular formula is C11H9ClF6. The van der Waals surface area contributed by atoms with E-state index in [9.17, 15) is 26.3 Å². The van der Waals surface area contributed by atoms with Crippen LogP contribution < -0.4 is 0 Å². The van der Waals surface area contributed by atoms with Crippen molar-refractivity contribution in [1.29, 1.82) is 0 Å². The van der Waals surface area contributed by atoms with Gasteiger partial charge < -0.3 is 0 Å². The van der Waals surface area contributed by atoms with Crippen LogP contribution in [-0.2, 0) is 12.6 Å². The molecule has 1 rings (SSSR count). The minimum atomic E-state index is -4.45. The Morgan fingerprint density at radius 1 is 0.944 bits per heavy atom. The molecule has 0 amide bonds. The standard InChI is InChI=1S/C11H9ClF6/c12-9(6-10(13,14)15)5-7-1-3-8(4-2-7)11(16,17)18/h1-4,9H,5-6H2. The fourth-order valence-electron chi connectivity index (χ4n) is 1.41. The zero-order chi connectivity index (χ0) is 14.0. The number of alkyl halides is 7. The third-order valence-corrected chi connectivity index (χ3v) is 2.50. The molecule has 0 aliphatic carbocycles. The van der Waals surface area contributed by atoms with Crippen LogP contribution in [0.3, 0.4) is 0 Å². The van der Waals surface area contributed by atoms with E-state index in [1.165, 1.54) is 0 Å². The summed E-state index contributed by atoms with van der Waals surface area (Å²) in [6.07, 6.45) is -10.1. The Bertz CT molecular complexity index is 378. The summed E-state index contributed by atoms with van der Waals surface area (Å²) in [6.45, 7) is 0. The van der Waals surface area contributed by atoms with Gasteiger partial charge in [-0.15, -0.1) is 11.6 Å². The molecule has 0 nitrogen and oxygen atoms in total. The number of halogens is 7. The summed E-state index contributed by atoms with van der Waals surface area (Å²) < 4.78 is 72.7. The minimum absolute atomic E-state index is 0.126. The maximum atomic E-state index is 12.2. The lowest BCUT2D eigenvalue weighted by Crippen LogP contribution is -2.17. The molecule has 0 radical (unpaired) electrons. The second-order valence-corrected chi connectivity index (χ2v) is 4.43. The van der Waals surface area contributed by atoms with E-state index in [-0.39, 0.29) is 6.42 Å². The summed E-state index contributed by atoms with van der Waals surface area (Å²) in [6, 6.07) is 3.92. The molecule has 0 aliphatic heterocycles. The van der Waals surface area contributed by atoms with Crippen LogP contribution in [0.1, 0.15) is 17.5 Å². The van der Waals surface area contributed by atoms with Crippen molar-refractivity contribution in [2.45, 2.75) is 30.6 Å². The first-order chi connectivity index (χ1) is 8.08. The van der Waals surface area contributed by atoms with E-state index < -0.39 is 29.7 Å². The predicted octanol–water partition coefficient (Wildman–Crippen LogP) is 4.81. The van der Waals surface area contributed by atoms with E-state index >= 15 is 0 Å². The van der Waals surface area contributed by atoms with E-state index in [1.54, 1.807) is 0 Å². The smallest absolute Gasteiger partial charge is 0.171 e. The van der Waals surface area contributed by atoms with Gasteiger partial charge >= 0.3 is 12.4 Å². The molecule has 1 aromatic carbocycles. The van der Waals surface area contributed by atoms with Crippen LogP contribution in [0.15, 0.2) is 24.3 Å². The van der Waals surface area contributed by atoms with Crippen LogP contribution in [-0.4, -0.2) is 11.6 Å². The maximum Gasteiger partial charge on any atom is 0.416 e. The van der Waals surface area contributed by atoms with E-state index in [2.05, 4.69) is 0 Å².